The number of aliphatic hydroxyl groups is 1. The molecule has 0 fully saturated rings. The first-order valence-corrected chi connectivity index (χ1v) is 8.34. The average molecular weight is 344 g/mol. The maximum absolute atomic E-state index is 12.5. The minimum Gasteiger partial charge on any atom is -0.400 e. The Morgan fingerprint density at radius 3 is 2.21 bits per heavy atom. The van der Waals surface area contributed by atoms with Gasteiger partial charge in [0.25, 0.3) is 0 Å². The lowest BCUT2D eigenvalue weighted by molar-refractivity contribution is -0.129. The van der Waals surface area contributed by atoms with E-state index < -0.39 is 5.91 Å². The Balaban J connectivity index is 0. The Morgan fingerprint density at radius 1 is 1.17 bits per heavy atom. The van der Waals surface area contributed by atoms with Crippen LogP contribution < -0.4 is 5.48 Å². The summed E-state index contributed by atoms with van der Waals surface area (Å²) in [7, 11) is 3.16. The molecule has 0 aromatic heterocycles. The molecule has 3 N–H and O–H groups in total. The quantitative estimate of drug-likeness (QED) is 0.501. The molecule has 0 aliphatic heterocycles. The molecule has 1 amide bonds. The van der Waals surface area contributed by atoms with Gasteiger partial charge >= 0.3 is 0 Å². The van der Waals surface area contributed by atoms with E-state index >= 15 is 0 Å². The van der Waals surface area contributed by atoms with E-state index in [1.807, 2.05) is 0 Å². The zero-order valence-corrected chi connectivity index (χ0v) is 15.4. The molecular formula is C18H33FN2O3. The summed E-state index contributed by atoms with van der Waals surface area (Å²) in [6.45, 7) is 6.85. The van der Waals surface area contributed by atoms with Crippen LogP contribution in [0.3, 0.4) is 0 Å². The lowest BCUT2D eigenvalue weighted by atomic mass is 10.1. The molecule has 140 valence electrons. The minimum atomic E-state index is -0.396. The Bertz CT molecular complexity index is 400. The van der Waals surface area contributed by atoms with Gasteiger partial charge in [-0.25, -0.2) is 9.87 Å². The summed E-state index contributed by atoms with van der Waals surface area (Å²) < 4.78 is 12.5. The molecule has 0 atom stereocenters. The predicted molar refractivity (Wildman–Crippen MR) is 95.5 cm³/mol. The zero-order valence-electron chi connectivity index (χ0n) is 15.4. The number of hydrogen-bond acceptors (Lipinski definition) is 4. The fraction of sp³-hybridized carbons (Fsp3) is 0.611. The van der Waals surface area contributed by atoms with E-state index in [4.69, 9.17) is 10.3 Å². The molecule has 0 heterocycles. The third-order valence-electron chi connectivity index (χ3n) is 3.34. The van der Waals surface area contributed by atoms with Gasteiger partial charge in [0.2, 0.25) is 5.91 Å². The summed E-state index contributed by atoms with van der Waals surface area (Å²) in [5.41, 5.74) is 2.54. The van der Waals surface area contributed by atoms with Crippen molar-refractivity contribution in [3.63, 3.8) is 0 Å². The number of aryl methyl sites for hydroxylation is 1. The summed E-state index contributed by atoms with van der Waals surface area (Å²) >= 11 is 0. The van der Waals surface area contributed by atoms with Crippen LogP contribution in [-0.4, -0.2) is 48.4 Å². The molecule has 0 radical (unpaired) electrons. The van der Waals surface area contributed by atoms with Crippen molar-refractivity contribution < 1.29 is 19.5 Å². The van der Waals surface area contributed by atoms with Crippen molar-refractivity contribution in [2.24, 2.45) is 0 Å². The van der Waals surface area contributed by atoms with Gasteiger partial charge in [-0.3, -0.25) is 10.0 Å². The summed E-state index contributed by atoms with van der Waals surface area (Å²) in [6, 6.07) is 6.15. The Kier molecular flexibility index (Phi) is 18.4. The molecule has 0 spiro atoms. The van der Waals surface area contributed by atoms with E-state index in [2.05, 4.69) is 25.8 Å². The van der Waals surface area contributed by atoms with Crippen LogP contribution in [0.1, 0.15) is 45.1 Å². The van der Waals surface area contributed by atoms with E-state index in [0.717, 1.165) is 12.7 Å². The molecule has 6 heteroatoms. The van der Waals surface area contributed by atoms with Crippen LogP contribution in [0.2, 0.25) is 0 Å². The first kappa shape index (κ1) is 24.7. The molecule has 1 aromatic carbocycles. The maximum Gasteiger partial charge on any atom is 0.243 e. The molecule has 1 aromatic rings. The Morgan fingerprint density at radius 2 is 1.75 bits per heavy atom. The lowest BCUT2D eigenvalue weighted by Gasteiger charge is -2.11. The van der Waals surface area contributed by atoms with Crippen LogP contribution in [0.5, 0.6) is 0 Å². The van der Waals surface area contributed by atoms with E-state index in [0.29, 0.717) is 12.8 Å². The van der Waals surface area contributed by atoms with Gasteiger partial charge in [-0.1, -0.05) is 32.4 Å². The third-order valence-corrected chi connectivity index (χ3v) is 3.34. The fourth-order valence-corrected chi connectivity index (χ4v) is 1.75. The van der Waals surface area contributed by atoms with Gasteiger partial charge in [-0.2, -0.15) is 0 Å². The number of amides is 1. The summed E-state index contributed by atoms with van der Waals surface area (Å²) in [6.07, 6.45) is 4.26. The van der Waals surface area contributed by atoms with Crippen molar-refractivity contribution in [3.05, 3.63) is 35.6 Å². The standard InChI is InChI=1S/C10H12FNO2.C7H17N.CH4O/c11-9-6-4-8(5-7-9)2-1-3-10(13)12-14;1-4-6-7-8(3)5-2;1-2/h4-7,14H,1-3H2,(H,12,13);4-7H2,1-3H3;2H,1H3. The number of carbonyl (C=O) groups is 1. The van der Waals surface area contributed by atoms with E-state index in [1.165, 1.54) is 38.1 Å². The van der Waals surface area contributed by atoms with Crippen LogP contribution in [0.15, 0.2) is 24.3 Å². The van der Waals surface area contributed by atoms with Crippen LogP contribution >= 0.6 is 0 Å². The van der Waals surface area contributed by atoms with E-state index in [1.54, 1.807) is 17.6 Å². The SMILES string of the molecule is CCCCN(C)CC.CO.O=C(CCCc1ccc(F)cc1)NO. The Labute approximate surface area is 145 Å². The highest BCUT2D eigenvalue weighted by Crippen LogP contribution is 2.06. The molecule has 1 rings (SSSR count). The molecule has 0 saturated heterocycles. The van der Waals surface area contributed by atoms with Crippen molar-refractivity contribution in [1.82, 2.24) is 10.4 Å². The summed E-state index contributed by atoms with van der Waals surface area (Å²) in [5.74, 6) is -0.658. The number of nitrogens with one attached hydrogen (secondary N) is 1. The zero-order chi connectivity index (χ0) is 18.8. The number of unbranched alkanes of at least 4 members (excludes halogenated alkanes) is 1. The van der Waals surface area contributed by atoms with Crippen LogP contribution in [-0.2, 0) is 11.2 Å². The van der Waals surface area contributed by atoms with Gasteiger partial charge in [-0.05, 0) is 57.1 Å². The number of aliphatic hydroxyl groups excluding tert-OH is 1. The molecule has 0 aliphatic rings. The van der Waals surface area contributed by atoms with Gasteiger partial charge in [0.05, 0.1) is 0 Å². The summed E-state index contributed by atoms with van der Waals surface area (Å²) in [4.78, 5) is 13.0. The lowest BCUT2D eigenvalue weighted by Crippen LogP contribution is -2.18. The van der Waals surface area contributed by atoms with Crippen LogP contribution in [0, 0.1) is 5.82 Å². The number of carbonyl (C=O) groups excluding carboxylic acids is 1. The minimum absolute atomic E-state index is 0.262. The normalized spacial score (nSPS) is 9.50. The second kappa shape index (κ2) is 17.8. The maximum atomic E-state index is 12.5. The number of benzene rings is 1. The second-order valence-electron chi connectivity index (χ2n) is 5.26. The van der Waals surface area contributed by atoms with Crippen molar-refractivity contribution in [3.8, 4) is 0 Å². The first-order valence-electron chi connectivity index (χ1n) is 8.34. The molecular weight excluding hydrogens is 311 g/mol. The number of halogens is 1. The largest absolute Gasteiger partial charge is 0.400 e. The van der Waals surface area contributed by atoms with Gasteiger partial charge in [0, 0.05) is 13.5 Å². The fourth-order valence-electron chi connectivity index (χ4n) is 1.75. The monoisotopic (exact) mass is 344 g/mol. The van der Waals surface area contributed by atoms with Crippen LogP contribution in [0.25, 0.3) is 0 Å². The highest BCUT2D eigenvalue weighted by Gasteiger charge is 1.99. The highest BCUT2D eigenvalue weighted by molar-refractivity contribution is 5.74. The molecule has 5 nitrogen and oxygen atoms in total. The van der Waals surface area contributed by atoms with Crippen molar-refractivity contribution >= 4 is 5.91 Å². The van der Waals surface area contributed by atoms with E-state index in [9.17, 15) is 9.18 Å². The van der Waals surface area contributed by atoms with Gasteiger partial charge in [-0.15, -0.1) is 0 Å². The van der Waals surface area contributed by atoms with Crippen molar-refractivity contribution in [2.75, 3.05) is 27.2 Å². The average Bonchev–Trinajstić information content (AvgIpc) is 2.63. The topological polar surface area (TPSA) is 72.8 Å². The molecule has 24 heavy (non-hydrogen) atoms. The molecule has 0 aliphatic carbocycles. The van der Waals surface area contributed by atoms with E-state index in [-0.39, 0.29) is 12.2 Å². The smallest absolute Gasteiger partial charge is 0.243 e. The first-order chi connectivity index (χ1) is 11.5. The van der Waals surface area contributed by atoms with Crippen molar-refractivity contribution in [2.45, 2.75) is 46.0 Å². The van der Waals surface area contributed by atoms with Gasteiger partial charge < -0.3 is 10.0 Å². The molecule has 0 bridgehead atoms. The number of rotatable bonds is 8. The number of hydroxylamine groups is 1. The van der Waals surface area contributed by atoms with Gasteiger partial charge in [0.15, 0.2) is 0 Å². The second-order valence-corrected chi connectivity index (χ2v) is 5.26. The van der Waals surface area contributed by atoms with Gasteiger partial charge in [0.1, 0.15) is 5.82 Å². The predicted octanol–water partition coefficient (Wildman–Crippen LogP) is 3.00. The van der Waals surface area contributed by atoms with Crippen LogP contribution in [0.4, 0.5) is 4.39 Å². The van der Waals surface area contributed by atoms with Crippen molar-refractivity contribution in [1.29, 1.82) is 0 Å². The highest BCUT2D eigenvalue weighted by atomic mass is 19.1. The molecule has 0 unspecified atom stereocenters. The third kappa shape index (κ3) is 15.4. The number of hydrogen-bond donors (Lipinski definition) is 3. The Hall–Kier alpha value is -1.50. The molecule has 0 saturated carbocycles. The number of nitrogens with zero attached hydrogens (tertiary/aromatic N) is 1. The summed E-state index contributed by atoms with van der Waals surface area (Å²) in [5, 5.41) is 15.2.